The molecule has 1 aliphatic rings. The van der Waals surface area contributed by atoms with Crippen LogP contribution in [-0.2, 0) is 11.2 Å². The number of hydrogen-bond donors (Lipinski definition) is 0. The predicted molar refractivity (Wildman–Crippen MR) is 194 cm³/mol. The first-order chi connectivity index (χ1) is 24.7. The third-order valence-corrected chi connectivity index (χ3v) is 9.37. The molecule has 7 rings (SSSR count). The van der Waals surface area contributed by atoms with Gasteiger partial charge in [-0.25, -0.2) is 18.8 Å². The van der Waals surface area contributed by atoms with E-state index in [9.17, 15) is 14.4 Å². The standard InChI is InChI=1S/C39H40N8O4/c1-27(2)46-39(50)45(26-40-46)33-17-15-32(16-18-33)43-21-23-44(24-22-43)37(30-7-5-4-6-8-30)38(49)51-47-35-25-31(14-19-34(35)41-42-47)36(48)20-13-29-11-9-28(3)10-12-29/h4-12,14-19,25-27,37H,13,20-24H2,1-3H3. The number of fused-ring (bicyclic) bond motifs is 1. The SMILES string of the molecule is Cc1ccc(CCC(=O)c2ccc3nnn(OC(=O)C(c4ccccc4)N4CCN(c5ccc(-n6cnn(C(C)C)c6=O)cc5)CC4)c3c2)cc1. The monoisotopic (exact) mass is 684 g/mol. The van der Waals surface area contributed by atoms with Crippen LogP contribution in [0.15, 0.2) is 108 Å². The number of aromatic nitrogens is 6. The van der Waals surface area contributed by atoms with Crippen LogP contribution < -0.4 is 15.4 Å². The Morgan fingerprint density at radius 3 is 2.24 bits per heavy atom. The van der Waals surface area contributed by atoms with Gasteiger partial charge in [0.05, 0.1) is 11.7 Å². The number of benzene rings is 4. The molecule has 12 nitrogen and oxygen atoms in total. The van der Waals surface area contributed by atoms with Crippen LogP contribution in [-0.4, -0.2) is 72.3 Å². The summed E-state index contributed by atoms with van der Waals surface area (Å²) in [6.45, 7) is 8.46. The zero-order valence-electron chi connectivity index (χ0n) is 28.9. The Bertz CT molecular complexity index is 2200. The summed E-state index contributed by atoms with van der Waals surface area (Å²) in [6, 6.07) is 30.0. The number of Topliss-reactive ketones (excluding diaryl/α,β-unsaturated/α-hetero) is 1. The van der Waals surface area contributed by atoms with E-state index in [0.29, 0.717) is 55.6 Å². The van der Waals surface area contributed by atoms with Crippen LogP contribution >= 0.6 is 0 Å². The zero-order chi connectivity index (χ0) is 35.5. The van der Waals surface area contributed by atoms with Gasteiger partial charge in [0.25, 0.3) is 0 Å². The van der Waals surface area contributed by atoms with E-state index >= 15 is 0 Å². The first kappa shape index (κ1) is 33.6. The molecule has 260 valence electrons. The molecule has 6 aromatic rings. The third kappa shape index (κ3) is 7.22. The van der Waals surface area contributed by atoms with E-state index in [4.69, 9.17) is 4.84 Å². The van der Waals surface area contributed by atoms with Gasteiger partial charge < -0.3 is 9.74 Å². The molecule has 1 aliphatic heterocycles. The Hall–Kier alpha value is -5.88. The zero-order valence-corrected chi connectivity index (χ0v) is 28.9. The summed E-state index contributed by atoms with van der Waals surface area (Å²) in [6.07, 6.45) is 2.53. The van der Waals surface area contributed by atoms with E-state index in [0.717, 1.165) is 27.3 Å². The Labute approximate surface area is 295 Å². The molecule has 0 saturated carbocycles. The largest absolute Gasteiger partial charge is 0.369 e. The molecule has 51 heavy (non-hydrogen) atoms. The molecule has 0 bridgehead atoms. The third-order valence-electron chi connectivity index (χ3n) is 9.37. The maximum Gasteiger partial charge on any atom is 0.356 e. The number of rotatable bonds is 11. The molecule has 12 heteroatoms. The lowest BCUT2D eigenvalue weighted by Gasteiger charge is -2.39. The second kappa shape index (κ2) is 14.5. The Morgan fingerprint density at radius 2 is 1.55 bits per heavy atom. The Kier molecular flexibility index (Phi) is 9.58. The molecule has 0 amide bonds. The summed E-state index contributed by atoms with van der Waals surface area (Å²) in [4.78, 5) is 51.3. The lowest BCUT2D eigenvalue weighted by Crippen LogP contribution is -2.50. The number of hydrogen-bond acceptors (Lipinski definition) is 9. The quantitative estimate of drug-likeness (QED) is 0.137. The minimum Gasteiger partial charge on any atom is -0.369 e. The minimum absolute atomic E-state index is 0.0117. The van der Waals surface area contributed by atoms with Crippen molar-refractivity contribution in [3.05, 3.63) is 136 Å². The number of piperazine rings is 1. The van der Waals surface area contributed by atoms with Gasteiger partial charge in [-0.15, -0.1) is 5.10 Å². The van der Waals surface area contributed by atoms with Crippen molar-refractivity contribution in [3.63, 3.8) is 0 Å². The van der Waals surface area contributed by atoms with Crippen LogP contribution in [0.1, 0.15) is 59.4 Å². The normalized spacial score (nSPS) is 14.2. The lowest BCUT2D eigenvalue weighted by atomic mass is 10.0. The second-order valence-electron chi connectivity index (χ2n) is 13.2. The van der Waals surface area contributed by atoms with Crippen LogP contribution in [0.5, 0.6) is 0 Å². The average molecular weight is 685 g/mol. The summed E-state index contributed by atoms with van der Waals surface area (Å²) in [5, 5.41) is 12.5. The smallest absolute Gasteiger partial charge is 0.356 e. The molecule has 1 unspecified atom stereocenters. The highest BCUT2D eigenvalue weighted by molar-refractivity contribution is 5.99. The lowest BCUT2D eigenvalue weighted by molar-refractivity contribution is -0.152. The minimum atomic E-state index is -0.682. The van der Waals surface area contributed by atoms with Gasteiger partial charge in [-0.05, 0) is 86.0 Å². The summed E-state index contributed by atoms with van der Waals surface area (Å²) in [5.74, 6) is -0.503. The summed E-state index contributed by atoms with van der Waals surface area (Å²) >= 11 is 0. The van der Waals surface area contributed by atoms with E-state index in [-0.39, 0.29) is 17.5 Å². The van der Waals surface area contributed by atoms with Crippen molar-refractivity contribution in [2.75, 3.05) is 31.1 Å². The predicted octanol–water partition coefficient (Wildman–Crippen LogP) is 5.00. The van der Waals surface area contributed by atoms with Gasteiger partial charge in [-0.2, -0.15) is 5.10 Å². The Morgan fingerprint density at radius 1 is 0.843 bits per heavy atom. The van der Waals surface area contributed by atoms with Crippen molar-refractivity contribution in [1.82, 2.24) is 34.4 Å². The van der Waals surface area contributed by atoms with E-state index < -0.39 is 12.0 Å². The van der Waals surface area contributed by atoms with Crippen LogP contribution in [0, 0.1) is 6.92 Å². The first-order valence-electron chi connectivity index (χ1n) is 17.2. The highest BCUT2D eigenvalue weighted by Gasteiger charge is 2.33. The van der Waals surface area contributed by atoms with Crippen LogP contribution in [0.25, 0.3) is 16.7 Å². The molecule has 1 saturated heterocycles. The molecule has 0 spiro atoms. The topological polar surface area (TPSA) is 120 Å². The molecule has 3 heterocycles. The van der Waals surface area contributed by atoms with Gasteiger partial charge in [0.2, 0.25) is 0 Å². The van der Waals surface area contributed by atoms with Crippen molar-refractivity contribution in [2.24, 2.45) is 0 Å². The van der Waals surface area contributed by atoms with Gasteiger partial charge in [-0.1, -0.05) is 65.0 Å². The van der Waals surface area contributed by atoms with Crippen molar-refractivity contribution >= 4 is 28.5 Å². The van der Waals surface area contributed by atoms with Crippen molar-refractivity contribution in [2.45, 2.75) is 45.7 Å². The molecule has 1 atom stereocenters. The molecule has 1 fully saturated rings. The summed E-state index contributed by atoms with van der Waals surface area (Å²) < 4.78 is 3.00. The number of ketones is 1. The van der Waals surface area contributed by atoms with Gasteiger partial charge in [0, 0.05) is 43.9 Å². The van der Waals surface area contributed by atoms with Gasteiger partial charge >= 0.3 is 11.7 Å². The van der Waals surface area contributed by atoms with Gasteiger partial charge in [0.15, 0.2) is 5.78 Å². The summed E-state index contributed by atoms with van der Waals surface area (Å²) in [7, 11) is 0. The van der Waals surface area contributed by atoms with E-state index in [1.165, 1.54) is 10.2 Å². The van der Waals surface area contributed by atoms with Crippen molar-refractivity contribution < 1.29 is 14.4 Å². The maximum absolute atomic E-state index is 14.0. The van der Waals surface area contributed by atoms with Gasteiger partial charge in [0.1, 0.15) is 23.4 Å². The second-order valence-corrected chi connectivity index (χ2v) is 13.2. The van der Waals surface area contributed by atoms with E-state index in [2.05, 4.69) is 25.2 Å². The Balaban J connectivity index is 1.04. The van der Waals surface area contributed by atoms with Crippen LogP contribution in [0.4, 0.5) is 5.69 Å². The highest BCUT2D eigenvalue weighted by atomic mass is 16.7. The fraction of sp³-hybridized carbons (Fsp3) is 0.282. The molecule has 2 aromatic heterocycles. The van der Waals surface area contributed by atoms with Crippen LogP contribution in [0.3, 0.4) is 0 Å². The highest BCUT2D eigenvalue weighted by Crippen LogP contribution is 2.26. The first-order valence-corrected chi connectivity index (χ1v) is 17.2. The molecular weight excluding hydrogens is 644 g/mol. The number of aryl methyl sites for hydroxylation is 2. The molecule has 0 radical (unpaired) electrons. The number of carbonyl (C=O) groups excluding carboxylic acids is 2. The van der Waals surface area contributed by atoms with E-state index in [1.54, 1.807) is 29.1 Å². The van der Waals surface area contributed by atoms with Crippen molar-refractivity contribution in [3.8, 4) is 5.69 Å². The number of carbonyl (C=O) groups is 2. The number of anilines is 1. The maximum atomic E-state index is 14.0. The van der Waals surface area contributed by atoms with E-state index in [1.807, 2.05) is 99.6 Å². The fourth-order valence-corrected chi connectivity index (χ4v) is 6.47. The molecule has 0 aliphatic carbocycles. The van der Waals surface area contributed by atoms with Gasteiger partial charge in [-0.3, -0.25) is 9.69 Å². The molecule has 4 aromatic carbocycles. The van der Waals surface area contributed by atoms with Crippen molar-refractivity contribution in [1.29, 1.82) is 0 Å². The van der Waals surface area contributed by atoms with Crippen LogP contribution in [0.2, 0.25) is 0 Å². The molecular formula is C39H40N8O4. The average Bonchev–Trinajstić information content (AvgIpc) is 3.74. The summed E-state index contributed by atoms with van der Waals surface area (Å²) in [5.41, 5.74) is 6.17. The number of nitrogens with zero attached hydrogens (tertiary/aromatic N) is 8. The molecule has 0 N–H and O–H groups in total. The fourth-order valence-electron chi connectivity index (χ4n) is 6.47.